The number of aliphatic hydroxyl groups is 1. The third kappa shape index (κ3) is 49.7. The van der Waals surface area contributed by atoms with Crippen LogP contribution < -0.4 is 10.6 Å². The van der Waals surface area contributed by atoms with Crippen molar-refractivity contribution in [1.82, 2.24) is 10.6 Å². The van der Waals surface area contributed by atoms with Crippen molar-refractivity contribution in [3.8, 4) is 0 Å². The first-order valence-corrected chi connectivity index (χ1v) is 15.3. The number of hydrogen-bond acceptors (Lipinski definition) is 11. The fourth-order valence-corrected chi connectivity index (χ4v) is 2.46. The standard InChI is InChI=1S/C12H22ClNO5.C10H21NO3.C4H10O.C2H2Cl2O2/c1-11(2,3)18-9(15)14-7-6-12(4,5)19-10(16)17-8-13;1-9(2,3)14-8(12)11-7-6-10(4,5)13;1-3-5-4-2;3-1-6-2(4)5/h6-8H2,1-5H3,(H,14,15);13H,6-7H2,1-5H3,(H,11,12);3-4H2,1-2H3;1H2. The van der Waals surface area contributed by atoms with E-state index in [1.807, 2.05) is 34.6 Å². The Morgan fingerprint density at radius 1 is 0.659 bits per heavy atom. The first kappa shape index (κ1) is 49.0. The number of halogens is 3. The molecule has 0 heterocycles. The number of alkyl halides is 2. The quantitative estimate of drug-likeness (QED) is 0.0855. The largest absolute Gasteiger partial charge is 0.510 e. The summed E-state index contributed by atoms with van der Waals surface area (Å²) < 4.78 is 28.3. The lowest BCUT2D eigenvalue weighted by Crippen LogP contribution is -2.37. The van der Waals surface area contributed by atoms with Crippen LogP contribution in [-0.2, 0) is 28.4 Å². The molecule has 0 saturated carbocycles. The Morgan fingerprint density at radius 2 is 1.05 bits per heavy atom. The van der Waals surface area contributed by atoms with Crippen molar-refractivity contribution in [3.63, 3.8) is 0 Å². The van der Waals surface area contributed by atoms with Crippen LogP contribution in [-0.4, -0.2) is 89.7 Å². The molecule has 0 bridgehead atoms. The number of amides is 2. The SMILES string of the molecule is CC(C)(C)OC(=O)NCCC(C)(C)OC(=O)OCCl.CC(C)(O)CCNC(=O)OC(C)(C)C.CCOCC.O=C(Cl)OCCl. The minimum Gasteiger partial charge on any atom is -0.444 e. The number of ether oxygens (including phenoxy) is 6. The first-order chi connectivity index (χ1) is 19.8. The van der Waals surface area contributed by atoms with E-state index in [1.54, 1.807) is 48.5 Å². The van der Waals surface area contributed by atoms with E-state index < -0.39 is 46.2 Å². The van der Waals surface area contributed by atoms with E-state index in [2.05, 4.69) is 31.7 Å². The van der Waals surface area contributed by atoms with Gasteiger partial charge in [0.05, 0.1) is 5.60 Å². The molecular formula is C28H55Cl3N2O11. The Kier molecular flexibility index (Phi) is 29.3. The number of rotatable bonds is 11. The van der Waals surface area contributed by atoms with E-state index in [4.69, 9.17) is 42.1 Å². The molecule has 2 amide bonds. The van der Waals surface area contributed by atoms with Crippen LogP contribution >= 0.6 is 34.8 Å². The lowest BCUT2D eigenvalue weighted by Gasteiger charge is -2.25. The van der Waals surface area contributed by atoms with Crippen LogP contribution in [0.15, 0.2) is 0 Å². The summed E-state index contributed by atoms with van der Waals surface area (Å²) in [6.45, 7) is 24.0. The average Bonchev–Trinajstić information content (AvgIpc) is 2.77. The predicted molar refractivity (Wildman–Crippen MR) is 172 cm³/mol. The Balaban J connectivity index is -0.000000277. The van der Waals surface area contributed by atoms with Crippen LogP contribution in [0.3, 0.4) is 0 Å². The lowest BCUT2D eigenvalue weighted by molar-refractivity contribution is -0.0138. The van der Waals surface area contributed by atoms with Gasteiger partial charge in [-0.1, -0.05) is 23.2 Å². The Hall–Kier alpha value is -1.93. The van der Waals surface area contributed by atoms with Gasteiger partial charge in [-0.15, -0.1) is 0 Å². The second kappa shape index (κ2) is 26.3. The summed E-state index contributed by atoms with van der Waals surface area (Å²) in [4.78, 5) is 43.1. The van der Waals surface area contributed by atoms with E-state index in [0.29, 0.717) is 25.9 Å². The molecule has 0 fully saturated rings. The molecule has 0 rings (SSSR count). The lowest BCUT2D eigenvalue weighted by atomic mass is 10.1. The maximum absolute atomic E-state index is 11.4. The molecule has 0 radical (unpaired) electrons. The van der Waals surface area contributed by atoms with Crippen molar-refractivity contribution >= 4 is 58.6 Å². The molecule has 0 aliphatic rings. The fraction of sp³-hybridized carbons (Fsp3) is 0.857. The van der Waals surface area contributed by atoms with Crippen LogP contribution in [0, 0.1) is 0 Å². The van der Waals surface area contributed by atoms with Crippen LogP contribution in [0.1, 0.15) is 95.9 Å². The van der Waals surface area contributed by atoms with Gasteiger partial charge in [0, 0.05) is 44.3 Å². The van der Waals surface area contributed by atoms with Gasteiger partial charge >= 0.3 is 23.8 Å². The first-order valence-electron chi connectivity index (χ1n) is 13.9. The molecule has 13 nitrogen and oxygen atoms in total. The average molecular weight is 702 g/mol. The number of carbonyl (C=O) groups is 4. The predicted octanol–water partition coefficient (Wildman–Crippen LogP) is 7.30. The van der Waals surface area contributed by atoms with Crippen molar-refractivity contribution in [1.29, 1.82) is 0 Å². The normalized spacial score (nSPS) is 11.0. The highest BCUT2D eigenvalue weighted by Gasteiger charge is 2.24. The highest BCUT2D eigenvalue weighted by molar-refractivity contribution is 6.61. The van der Waals surface area contributed by atoms with Gasteiger partial charge in [-0.05, 0) is 89.5 Å². The van der Waals surface area contributed by atoms with E-state index in [9.17, 15) is 24.3 Å². The van der Waals surface area contributed by atoms with E-state index in [-0.39, 0.29) is 12.1 Å². The summed E-state index contributed by atoms with van der Waals surface area (Å²) in [5.74, 6) is 0. The third-order valence-corrected chi connectivity index (χ3v) is 4.24. The second-order valence-corrected chi connectivity index (χ2v) is 12.6. The molecule has 0 aliphatic heterocycles. The summed E-state index contributed by atoms with van der Waals surface area (Å²) in [7, 11) is 0. The summed E-state index contributed by atoms with van der Waals surface area (Å²) in [6.07, 6.45) is -0.860. The Labute approximate surface area is 278 Å². The molecule has 0 aromatic rings. The van der Waals surface area contributed by atoms with Gasteiger partial charge in [-0.2, -0.15) is 0 Å². The van der Waals surface area contributed by atoms with Gasteiger partial charge in [0.15, 0.2) is 12.1 Å². The molecule has 0 atom stereocenters. The van der Waals surface area contributed by atoms with Crippen molar-refractivity contribution in [2.75, 3.05) is 38.4 Å². The molecule has 44 heavy (non-hydrogen) atoms. The van der Waals surface area contributed by atoms with E-state index >= 15 is 0 Å². The Bertz CT molecular complexity index is 778. The van der Waals surface area contributed by atoms with Crippen LogP contribution in [0.4, 0.5) is 19.2 Å². The number of nitrogens with one attached hydrogen (secondary N) is 2. The molecule has 0 saturated heterocycles. The summed E-state index contributed by atoms with van der Waals surface area (Å²) in [5.41, 5.74) is -3.41. The Morgan fingerprint density at radius 3 is 1.30 bits per heavy atom. The highest BCUT2D eigenvalue weighted by atomic mass is 35.5. The van der Waals surface area contributed by atoms with Gasteiger partial charge in [0.25, 0.3) is 0 Å². The van der Waals surface area contributed by atoms with Crippen molar-refractivity contribution in [2.45, 2.75) is 118 Å². The molecule has 0 unspecified atom stereocenters. The minimum absolute atomic E-state index is 0.178. The molecule has 16 heteroatoms. The second-order valence-electron chi connectivity index (χ2n) is 11.8. The molecule has 3 N–H and O–H groups in total. The van der Waals surface area contributed by atoms with E-state index in [0.717, 1.165) is 13.2 Å². The van der Waals surface area contributed by atoms with Crippen LogP contribution in [0.2, 0.25) is 0 Å². The van der Waals surface area contributed by atoms with Gasteiger partial charge < -0.3 is 44.2 Å². The minimum atomic E-state index is -0.870. The highest BCUT2D eigenvalue weighted by Crippen LogP contribution is 2.15. The molecule has 0 aliphatic carbocycles. The zero-order valence-electron chi connectivity index (χ0n) is 28.3. The summed E-state index contributed by atoms with van der Waals surface area (Å²) >= 11 is 14.7. The zero-order chi connectivity index (χ0) is 35.6. The van der Waals surface area contributed by atoms with Crippen LogP contribution in [0.25, 0.3) is 0 Å². The smallest absolute Gasteiger partial charge is 0.444 e. The molecule has 264 valence electrons. The maximum atomic E-state index is 11.4. The van der Waals surface area contributed by atoms with E-state index in [1.165, 1.54) is 0 Å². The third-order valence-electron chi connectivity index (χ3n) is 3.91. The van der Waals surface area contributed by atoms with Crippen LogP contribution in [0.5, 0.6) is 0 Å². The topological polar surface area (TPSA) is 168 Å². The van der Waals surface area contributed by atoms with Gasteiger partial charge in [-0.3, -0.25) is 0 Å². The van der Waals surface area contributed by atoms with Crippen molar-refractivity contribution in [3.05, 3.63) is 0 Å². The molecule has 0 aromatic heterocycles. The van der Waals surface area contributed by atoms with Gasteiger partial charge in [0.1, 0.15) is 16.8 Å². The molecular weight excluding hydrogens is 647 g/mol. The fourth-order valence-electron chi connectivity index (χ4n) is 2.16. The summed E-state index contributed by atoms with van der Waals surface area (Å²) in [6, 6.07) is -0.437. The number of alkyl carbamates (subject to hydrolysis) is 2. The van der Waals surface area contributed by atoms with Crippen molar-refractivity contribution < 1.29 is 52.7 Å². The van der Waals surface area contributed by atoms with Gasteiger partial charge in [0.2, 0.25) is 0 Å². The van der Waals surface area contributed by atoms with Crippen molar-refractivity contribution in [2.24, 2.45) is 0 Å². The van der Waals surface area contributed by atoms with Gasteiger partial charge in [-0.25, -0.2) is 19.2 Å². The zero-order valence-corrected chi connectivity index (χ0v) is 30.6. The maximum Gasteiger partial charge on any atom is 0.510 e. The monoisotopic (exact) mass is 700 g/mol. The number of hydrogen-bond donors (Lipinski definition) is 3. The number of carbonyl (C=O) groups excluding carboxylic acids is 4. The molecule has 0 aromatic carbocycles. The summed E-state index contributed by atoms with van der Waals surface area (Å²) in [5, 5.41) is 14.5. The molecule has 0 spiro atoms.